The summed E-state index contributed by atoms with van der Waals surface area (Å²) in [5.41, 5.74) is 0.209. The summed E-state index contributed by atoms with van der Waals surface area (Å²) in [6, 6.07) is 10.0. The number of anilines is 1. The van der Waals surface area contributed by atoms with Gasteiger partial charge in [-0.1, -0.05) is 24.4 Å². The Labute approximate surface area is 156 Å². The van der Waals surface area contributed by atoms with E-state index in [4.69, 9.17) is 16.3 Å². The fourth-order valence-electron chi connectivity index (χ4n) is 2.25. The van der Waals surface area contributed by atoms with Gasteiger partial charge in [0.15, 0.2) is 11.6 Å². The van der Waals surface area contributed by atoms with Crippen LogP contribution < -0.4 is 15.4 Å². The molecular weight excluding hydrogens is 362 g/mol. The van der Waals surface area contributed by atoms with Gasteiger partial charge in [-0.2, -0.15) is 0 Å². The van der Waals surface area contributed by atoms with E-state index in [0.29, 0.717) is 18.2 Å². The summed E-state index contributed by atoms with van der Waals surface area (Å²) in [6.45, 7) is 1.14. The van der Waals surface area contributed by atoms with Gasteiger partial charge in [0.25, 0.3) is 0 Å². The summed E-state index contributed by atoms with van der Waals surface area (Å²) >= 11 is 5.80. The van der Waals surface area contributed by atoms with E-state index >= 15 is 0 Å². The lowest BCUT2D eigenvalue weighted by Crippen LogP contribution is -2.29. The van der Waals surface area contributed by atoms with E-state index in [1.54, 1.807) is 12.1 Å². The highest BCUT2D eigenvalue weighted by molar-refractivity contribution is 6.30. The molecule has 0 fully saturated rings. The maximum Gasteiger partial charge on any atom is 0.319 e. The van der Waals surface area contributed by atoms with Crippen molar-refractivity contribution in [3.05, 3.63) is 59.1 Å². The Kier molecular flexibility index (Phi) is 8.15. The second kappa shape index (κ2) is 10.6. The first-order valence-corrected chi connectivity index (χ1v) is 8.80. The Hall–Kier alpha value is -2.34. The van der Waals surface area contributed by atoms with Gasteiger partial charge in [-0.15, -0.1) is 0 Å². The Morgan fingerprint density at radius 2 is 1.69 bits per heavy atom. The first-order valence-electron chi connectivity index (χ1n) is 8.43. The zero-order valence-electron chi connectivity index (χ0n) is 14.2. The van der Waals surface area contributed by atoms with Crippen molar-refractivity contribution in [2.45, 2.75) is 25.7 Å². The van der Waals surface area contributed by atoms with Crippen molar-refractivity contribution in [2.75, 3.05) is 18.5 Å². The topological polar surface area (TPSA) is 50.4 Å². The molecule has 7 heteroatoms. The molecule has 0 aliphatic rings. The Bertz CT molecular complexity index is 711. The van der Waals surface area contributed by atoms with Gasteiger partial charge in [-0.25, -0.2) is 13.6 Å². The maximum atomic E-state index is 13.0. The van der Waals surface area contributed by atoms with Crippen LogP contribution in [-0.4, -0.2) is 19.2 Å². The van der Waals surface area contributed by atoms with Crippen LogP contribution >= 0.6 is 11.6 Å². The number of unbranched alkanes of at least 4 members (excludes halogenated alkanes) is 3. The van der Waals surface area contributed by atoms with E-state index in [0.717, 1.165) is 43.6 Å². The van der Waals surface area contributed by atoms with E-state index < -0.39 is 17.7 Å². The minimum atomic E-state index is -0.997. The molecule has 0 spiro atoms. The average molecular weight is 383 g/mol. The van der Waals surface area contributed by atoms with Gasteiger partial charge < -0.3 is 15.4 Å². The molecule has 0 heterocycles. The molecule has 2 aromatic carbocycles. The van der Waals surface area contributed by atoms with Crippen LogP contribution in [0.5, 0.6) is 5.75 Å². The average Bonchev–Trinajstić information content (AvgIpc) is 2.62. The summed E-state index contributed by atoms with van der Waals surface area (Å²) in [5, 5.41) is 5.81. The molecule has 0 radical (unpaired) electrons. The van der Waals surface area contributed by atoms with Crippen LogP contribution in [0.4, 0.5) is 19.3 Å². The molecule has 2 amide bonds. The summed E-state index contributed by atoms with van der Waals surface area (Å²) in [4.78, 5) is 11.7. The first-order chi connectivity index (χ1) is 12.5. The molecule has 0 saturated carbocycles. The summed E-state index contributed by atoms with van der Waals surface area (Å²) in [6.07, 6.45) is 3.69. The molecule has 26 heavy (non-hydrogen) atoms. The molecule has 4 nitrogen and oxygen atoms in total. The number of carbonyl (C=O) groups is 1. The van der Waals surface area contributed by atoms with E-state index in [2.05, 4.69) is 10.6 Å². The Balaban J connectivity index is 1.50. The second-order valence-corrected chi connectivity index (χ2v) is 6.16. The highest BCUT2D eigenvalue weighted by Gasteiger charge is 2.05. The Morgan fingerprint density at radius 3 is 2.42 bits per heavy atom. The molecule has 140 valence electrons. The summed E-state index contributed by atoms with van der Waals surface area (Å²) < 4.78 is 31.4. The number of ether oxygens (including phenoxy) is 1. The van der Waals surface area contributed by atoms with Crippen molar-refractivity contribution >= 4 is 23.3 Å². The van der Waals surface area contributed by atoms with Crippen LogP contribution in [0.1, 0.15) is 25.7 Å². The van der Waals surface area contributed by atoms with Gasteiger partial charge in [-0.3, -0.25) is 0 Å². The zero-order chi connectivity index (χ0) is 18.8. The molecule has 0 aliphatic carbocycles. The molecule has 0 bridgehead atoms. The molecule has 2 rings (SSSR count). The van der Waals surface area contributed by atoms with Crippen molar-refractivity contribution in [1.29, 1.82) is 0 Å². The van der Waals surface area contributed by atoms with Gasteiger partial charge in [0.2, 0.25) is 0 Å². The van der Waals surface area contributed by atoms with Crippen molar-refractivity contribution in [2.24, 2.45) is 0 Å². The van der Waals surface area contributed by atoms with Crippen molar-refractivity contribution < 1.29 is 18.3 Å². The van der Waals surface area contributed by atoms with Gasteiger partial charge in [-0.05, 0) is 49.2 Å². The van der Waals surface area contributed by atoms with Crippen LogP contribution in [0.3, 0.4) is 0 Å². The summed E-state index contributed by atoms with van der Waals surface area (Å²) in [7, 11) is 0. The van der Waals surface area contributed by atoms with Gasteiger partial charge in [0.05, 0.1) is 6.61 Å². The zero-order valence-corrected chi connectivity index (χ0v) is 15.0. The number of urea groups is 1. The second-order valence-electron chi connectivity index (χ2n) is 5.73. The minimum absolute atomic E-state index is 0.209. The van der Waals surface area contributed by atoms with E-state index in [1.807, 2.05) is 12.1 Å². The smallest absolute Gasteiger partial charge is 0.319 e. The fraction of sp³-hybridized carbons (Fsp3) is 0.316. The number of carbonyl (C=O) groups excluding carboxylic acids is 1. The number of nitrogens with one attached hydrogen (secondary N) is 2. The third kappa shape index (κ3) is 7.27. The molecule has 0 aromatic heterocycles. The van der Waals surface area contributed by atoms with Crippen LogP contribution in [0.15, 0.2) is 42.5 Å². The minimum Gasteiger partial charge on any atom is -0.494 e. The van der Waals surface area contributed by atoms with Crippen molar-refractivity contribution in [1.82, 2.24) is 5.32 Å². The lowest BCUT2D eigenvalue weighted by atomic mass is 10.2. The number of rotatable bonds is 9. The normalized spacial score (nSPS) is 10.4. The standard InChI is InChI=1S/C19H21ClF2N2O2/c20-14-5-8-16(9-6-14)26-12-4-2-1-3-11-23-19(25)24-15-7-10-17(21)18(22)13-15/h5-10,13H,1-4,11-12H2,(H2,23,24,25). The third-order valence-electron chi connectivity index (χ3n) is 3.62. The van der Waals surface area contributed by atoms with Crippen LogP contribution in [0.25, 0.3) is 0 Å². The molecule has 2 N–H and O–H groups in total. The predicted octanol–water partition coefficient (Wildman–Crippen LogP) is 5.38. The van der Waals surface area contributed by atoms with Crippen LogP contribution in [-0.2, 0) is 0 Å². The van der Waals surface area contributed by atoms with E-state index in [1.165, 1.54) is 6.07 Å². The number of hydrogen-bond acceptors (Lipinski definition) is 2. The van der Waals surface area contributed by atoms with E-state index in [-0.39, 0.29) is 5.69 Å². The van der Waals surface area contributed by atoms with Crippen molar-refractivity contribution in [3.8, 4) is 5.75 Å². The van der Waals surface area contributed by atoms with Crippen LogP contribution in [0, 0.1) is 11.6 Å². The van der Waals surface area contributed by atoms with Gasteiger partial charge in [0.1, 0.15) is 5.75 Å². The lowest BCUT2D eigenvalue weighted by molar-refractivity contribution is 0.251. The fourth-order valence-corrected chi connectivity index (χ4v) is 2.38. The largest absolute Gasteiger partial charge is 0.494 e. The number of halogens is 3. The predicted molar refractivity (Wildman–Crippen MR) is 98.8 cm³/mol. The van der Waals surface area contributed by atoms with Gasteiger partial charge >= 0.3 is 6.03 Å². The highest BCUT2D eigenvalue weighted by atomic mass is 35.5. The quantitative estimate of drug-likeness (QED) is 0.572. The highest BCUT2D eigenvalue weighted by Crippen LogP contribution is 2.16. The third-order valence-corrected chi connectivity index (χ3v) is 3.87. The lowest BCUT2D eigenvalue weighted by Gasteiger charge is -2.08. The molecule has 2 aromatic rings. The van der Waals surface area contributed by atoms with E-state index in [9.17, 15) is 13.6 Å². The SMILES string of the molecule is O=C(NCCCCCCOc1ccc(Cl)cc1)Nc1ccc(F)c(F)c1. The first kappa shape index (κ1) is 20.0. The molecular formula is C19H21ClF2N2O2. The van der Waals surface area contributed by atoms with Crippen LogP contribution in [0.2, 0.25) is 5.02 Å². The monoisotopic (exact) mass is 382 g/mol. The number of amides is 2. The summed E-state index contributed by atoms with van der Waals surface area (Å²) in [5.74, 6) is -1.15. The molecule has 0 saturated heterocycles. The van der Waals surface area contributed by atoms with Crippen molar-refractivity contribution in [3.63, 3.8) is 0 Å². The maximum absolute atomic E-state index is 13.0. The Morgan fingerprint density at radius 1 is 0.962 bits per heavy atom. The molecule has 0 aliphatic heterocycles. The van der Waals surface area contributed by atoms with Gasteiger partial charge in [0, 0.05) is 23.3 Å². The number of benzene rings is 2. The molecule has 0 unspecified atom stereocenters. The molecule has 0 atom stereocenters. The number of hydrogen-bond donors (Lipinski definition) is 2.